The van der Waals surface area contributed by atoms with Crippen LogP contribution in [0.4, 0.5) is 10.5 Å². The fourth-order valence-electron chi connectivity index (χ4n) is 1.93. The van der Waals surface area contributed by atoms with Gasteiger partial charge in [0.2, 0.25) is 5.91 Å². The number of nitrogens with zero attached hydrogens (tertiary/aromatic N) is 3. The predicted octanol–water partition coefficient (Wildman–Crippen LogP) is 1.69. The van der Waals surface area contributed by atoms with Gasteiger partial charge in [-0.2, -0.15) is 15.0 Å². The van der Waals surface area contributed by atoms with Gasteiger partial charge in [-0.3, -0.25) is 4.79 Å². The van der Waals surface area contributed by atoms with Crippen LogP contribution in [0.5, 0.6) is 0 Å². The van der Waals surface area contributed by atoms with E-state index in [0.29, 0.717) is 5.69 Å². The number of nitrogens with one attached hydrogen (secondary N) is 3. The Balaban J connectivity index is 1.87. The van der Waals surface area contributed by atoms with Crippen LogP contribution in [0.3, 0.4) is 0 Å². The third-order valence-electron chi connectivity index (χ3n) is 3.52. The van der Waals surface area contributed by atoms with Crippen molar-refractivity contribution in [2.45, 2.75) is 39.3 Å². The van der Waals surface area contributed by atoms with Crippen molar-refractivity contribution in [2.24, 2.45) is 0 Å². The zero-order valence-electron chi connectivity index (χ0n) is 14.0. The molecule has 3 N–H and O–H groups in total. The molecular weight excluding hydrogens is 308 g/mol. The van der Waals surface area contributed by atoms with Crippen molar-refractivity contribution in [3.05, 3.63) is 36.7 Å². The SMILES string of the molecule is CC[C@H](C)NC(=O)[C@@H](C)NC(=O)Nc1ccc(-n2nccn2)cc1. The van der Waals surface area contributed by atoms with Gasteiger partial charge in [0.05, 0.1) is 18.1 Å². The van der Waals surface area contributed by atoms with Crippen LogP contribution < -0.4 is 16.0 Å². The third-order valence-corrected chi connectivity index (χ3v) is 3.52. The first-order valence-electron chi connectivity index (χ1n) is 7.84. The number of hydrogen-bond acceptors (Lipinski definition) is 4. The Morgan fingerprint density at radius 1 is 1.08 bits per heavy atom. The summed E-state index contributed by atoms with van der Waals surface area (Å²) in [5, 5.41) is 16.2. The fourth-order valence-corrected chi connectivity index (χ4v) is 1.93. The molecular formula is C16H22N6O2. The van der Waals surface area contributed by atoms with Crippen molar-refractivity contribution in [1.29, 1.82) is 0 Å². The van der Waals surface area contributed by atoms with Crippen molar-refractivity contribution < 1.29 is 9.59 Å². The van der Waals surface area contributed by atoms with Crippen LogP contribution in [-0.2, 0) is 4.79 Å². The number of aromatic nitrogens is 3. The lowest BCUT2D eigenvalue weighted by Crippen LogP contribution is -2.48. The lowest BCUT2D eigenvalue weighted by Gasteiger charge is -2.17. The minimum Gasteiger partial charge on any atom is -0.352 e. The molecule has 1 aromatic heterocycles. The summed E-state index contributed by atoms with van der Waals surface area (Å²) in [5.41, 5.74) is 1.39. The molecule has 0 radical (unpaired) electrons. The molecule has 0 aliphatic carbocycles. The Morgan fingerprint density at radius 3 is 2.29 bits per heavy atom. The van der Waals surface area contributed by atoms with Gasteiger partial charge in [-0.25, -0.2) is 4.79 Å². The quantitative estimate of drug-likeness (QED) is 0.750. The molecule has 128 valence electrons. The molecule has 0 saturated heterocycles. The first-order valence-corrected chi connectivity index (χ1v) is 7.84. The second kappa shape index (κ2) is 8.09. The van der Waals surface area contributed by atoms with Crippen LogP contribution in [-0.4, -0.2) is 39.0 Å². The summed E-state index contributed by atoms with van der Waals surface area (Å²) in [4.78, 5) is 25.3. The van der Waals surface area contributed by atoms with Crippen LogP contribution >= 0.6 is 0 Å². The first kappa shape index (κ1) is 17.5. The fraction of sp³-hybridized carbons (Fsp3) is 0.375. The van der Waals surface area contributed by atoms with E-state index >= 15 is 0 Å². The maximum Gasteiger partial charge on any atom is 0.319 e. The lowest BCUT2D eigenvalue weighted by molar-refractivity contribution is -0.123. The van der Waals surface area contributed by atoms with Gasteiger partial charge >= 0.3 is 6.03 Å². The molecule has 0 fully saturated rings. The smallest absolute Gasteiger partial charge is 0.319 e. The summed E-state index contributed by atoms with van der Waals surface area (Å²) in [7, 11) is 0. The van der Waals surface area contributed by atoms with Crippen molar-refractivity contribution in [3.63, 3.8) is 0 Å². The Morgan fingerprint density at radius 2 is 1.71 bits per heavy atom. The van der Waals surface area contributed by atoms with Crippen LogP contribution in [0, 0.1) is 0 Å². The highest BCUT2D eigenvalue weighted by Gasteiger charge is 2.16. The molecule has 1 aromatic carbocycles. The Hall–Kier alpha value is -2.90. The summed E-state index contributed by atoms with van der Waals surface area (Å²) < 4.78 is 0. The van der Waals surface area contributed by atoms with Gasteiger partial charge in [0.25, 0.3) is 0 Å². The first-order chi connectivity index (χ1) is 11.5. The minimum atomic E-state index is -0.619. The van der Waals surface area contributed by atoms with Crippen LogP contribution in [0.2, 0.25) is 0 Å². The molecule has 0 spiro atoms. The summed E-state index contributed by atoms with van der Waals surface area (Å²) in [6.45, 7) is 5.54. The number of urea groups is 1. The van der Waals surface area contributed by atoms with Gasteiger partial charge in [-0.15, -0.1) is 0 Å². The van der Waals surface area contributed by atoms with Crippen LogP contribution in [0.15, 0.2) is 36.7 Å². The van der Waals surface area contributed by atoms with E-state index in [4.69, 9.17) is 0 Å². The van der Waals surface area contributed by atoms with Gasteiger partial charge in [0.15, 0.2) is 0 Å². The third kappa shape index (κ3) is 4.80. The van der Waals surface area contributed by atoms with Crippen LogP contribution in [0.1, 0.15) is 27.2 Å². The van der Waals surface area contributed by atoms with Crippen molar-refractivity contribution in [1.82, 2.24) is 25.6 Å². The predicted molar refractivity (Wildman–Crippen MR) is 90.9 cm³/mol. The summed E-state index contributed by atoms with van der Waals surface area (Å²) >= 11 is 0. The summed E-state index contributed by atoms with van der Waals surface area (Å²) in [6, 6.07) is 6.07. The van der Waals surface area contributed by atoms with Gasteiger partial charge in [-0.1, -0.05) is 6.92 Å². The number of anilines is 1. The highest BCUT2D eigenvalue weighted by molar-refractivity contribution is 5.93. The second-order valence-electron chi connectivity index (χ2n) is 5.50. The van der Waals surface area contributed by atoms with Crippen molar-refractivity contribution in [2.75, 3.05) is 5.32 Å². The summed E-state index contributed by atoms with van der Waals surface area (Å²) in [6.07, 6.45) is 4.01. The van der Waals surface area contributed by atoms with E-state index in [2.05, 4.69) is 26.1 Å². The minimum absolute atomic E-state index is 0.0771. The molecule has 2 atom stereocenters. The molecule has 8 heteroatoms. The van der Waals surface area contributed by atoms with E-state index in [-0.39, 0.29) is 11.9 Å². The van der Waals surface area contributed by atoms with Gasteiger partial charge in [0.1, 0.15) is 6.04 Å². The highest BCUT2D eigenvalue weighted by atomic mass is 16.2. The Labute approximate surface area is 140 Å². The van der Waals surface area contributed by atoms with Crippen molar-refractivity contribution >= 4 is 17.6 Å². The highest BCUT2D eigenvalue weighted by Crippen LogP contribution is 2.11. The zero-order chi connectivity index (χ0) is 17.5. The van der Waals surface area contributed by atoms with E-state index in [1.54, 1.807) is 43.6 Å². The van der Waals surface area contributed by atoms with E-state index in [1.807, 2.05) is 13.8 Å². The molecule has 3 amide bonds. The molecule has 2 rings (SSSR count). The topological polar surface area (TPSA) is 101 Å². The number of rotatable bonds is 6. The molecule has 0 bridgehead atoms. The van der Waals surface area contributed by atoms with Gasteiger partial charge in [-0.05, 0) is 44.5 Å². The average Bonchev–Trinajstić information content (AvgIpc) is 3.09. The van der Waals surface area contributed by atoms with Gasteiger partial charge < -0.3 is 16.0 Å². The number of carbonyl (C=O) groups is 2. The molecule has 0 aliphatic heterocycles. The number of hydrogen-bond donors (Lipinski definition) is 3. The van der Waals surface area contributed by atoms with E-state index in [9.17, 15) is 9.59 Å². The summed E-state index contributed by atoms with van der Waals surface area (Å²) in [5.74, 6) is -0.209. The zero-order valence-corrected chi connectivity index (χ0v) is 14.0. The van der Waals surface area contributed by atoms with Crippen molar-refractivity contribution in [3.8, 4) is 5.69 Å². The standard InChI is InChI=1S/C16H22N6O2/c1-4-11(2)19-15(23)12(3)20-16(24)21-13-5-7-14(8-6-13)22-17-9-10-18-22/h5-12H,4H2,1-3H3,(H,19,23)(H2,20,21,24)/t11-,12+/m0/s1. The average molecular weight is 330 g/mol. The molecule has 0 saturated carbocycles. The molecule has 0 aliphatic rings. The van der Waals surface area contributed by atoms with E-state index in [1.165, 1.54) is 4.80 Å². The molecule has 24 heavy (non-hydrogen) atoms. The number of amides is 3. The monoisotopic (exact) mass is 330 g/mol. The molecule has 0 unspecified atom stereocenters. The number of carbonyl (C=O) groups excluding carboxylic acids is 2. The number of benzene rings is 1. The Bertz CT molecular complexity index is 668. The molecule has 1 heterocycles. The molecule has 2 aromatic rings. The largest absolute Gasteiger partial charge is 0.352 e. The maximum atomic E-state index is 12.0. The van der Waals surface area contributed by atoms with E-state index in [0.717, 1.165) is 12.1 Å². The van der Waals surface area contributed by atoms with E-state index < -0.39 is 12.1 Å². The normalized spacial score (nSPS) is 13.0. The van der Waals surface area contributed by atoms with Crippen LogP contribution in [0.25, 0.3) is 5.69 Å². The maximum absolute atomic E-state index is 12.0. The Kier molecular flexibility index (Phi) is 5.89. The van der Waals surface area contributed by atoms with Gasteiger partial charge in [0, 0.05) is 11.7 Å². The lowest BCUT2D eigenvalue weighted by atomic mass is 10.2. The second-order valence-corrected chi connectivity index (χ2v) is 5.50. The molecule has 8 nitrogen and oxygen atoms in total.